The van der Waals surface area contributed by atoms with Crippen molar-refractivity contribution in [1.82, 2.24) is 4.98 Å². The summed E-state index contributed by atoms with van der Waals surface area (Å²) < 4.78 is 5.20. The molecule has 0 bridgehead atoms. The second-order valence-corrected chi connectivity index (χ2v) is 6.81. The van der Waals surface area contributed by atoms with Gasteiger partial charge in [0.15, 0.2) is 0 Å². The molecular weight excluding hydrogens is 304 g/mol. The lowest BCUT2D eigenvalue weighted by molar-refractivity contribution is 0.0635. The molecule has 1 aromatic carbocycles. The largest absolute Gasteiger partial charge is 0.444 e. The Balaban J connectivity index is 2.02. The normalized spacial score (nSPS) is 12.5. The molecule has 0 saturated carbocycles. The summed E-state index contributed by atoms with van der Waals surface area (Å²) in [5.74, 6) is 0.401. The fourth-order valence-corrected chi connectivity index (χ4v) is 2.21. The predicted octanol–water partition coefficient (Wildman–Crippen LogP) is 4.01. The van der Waals surface area contributed by atoms with E-state index in [1.807, 2.05) is 37.3 Å². The van der Waals surface area contributed by atoms with E-state index >= 15 is 0 Å². The van der Waals surface area contributed by atoms with Crippen LogP contribution in [0.3, 0.4) is 0 Å². The minimum absolute atomic E-state index is 0.401. The van der Waals surface area contributed by atoms with Gasteiger partial charge in [0, 0.05) is 12.6 Å². The van der Waals surface area contributed by atoms with Crippen LogP contribution in [0.1, 0.15) is 43.6 Å². The van der Waals surface area contributed by atoms with E-state index in [2.05, 4.69) is 10.3 Å². The molecule has 2 rings (SSSR count). The quantitative estimate of drug-likeness (QED) is 0.889. The third kappa shape index (κ3) is 5.66. The Hall–Kier alpha value is -2.40. The van der Waals surface area contributed by atoms with Crippen molar-refractivity contribution in [3.8, 4) is 0 Å². The number of aryl methyl sites for hydroxylation is 1. The molecule has 0 fully saturated rings. The first kappa shape index (κ1) is 17.9. The van der Waals surface area contributed by atoms with Gasteiger partial charge in [-0.25, -0.2) is 9.78 Å². The number of nitrogens with zero attached hydrogens (tertiary/aromatic N) is 1. The zero-order chi connectivity index (χ0) is 17.7. The van der Waals surface area contributed by atoms with Gasteiger partial charge in [0.1, 0.15) is 11.4 Å². The number of hydrogen-bond donors (Lipinski definition) is 2. The molecule has 1 aromatic heterocycles. The number of carbonyl (C=O) groups excluding carboxylic acids is 1. The van der Waals surface area contributed by atoms with E-state index in [1.54, 1.807) is 33.0 Å². The van der Waals surface area contributed by atoms with Gasteiger partial charge in [0.05, 0.1) is 6.10 Å². The smallest absolute Gasteiger partial charge is 0.413 e. The minimum atomic E-state index is -0.609. The van der Waals surface area contributed by atoms with Crippen LogP contribution in [0.4, 0.5) is 10.6 Å². The molecule has 1 atom stereocenters. The van der Waals surface area contributed by atoms with Crippen molar-refractivity contribution in [2.75, 3.05) is 5.32 Å². The third-order valence-electron chi connectivity index (χ3n) is 3.34. The van der Waals surface area contributed by atoms with Crippen LogP contribution >= 0.6 is 0 Å². The summed E-state index contributed by atoms with van der Waals surface area (Å²) in [6, 6.07) is 11.3. The van der Waals surface area contributed by atoms with Crippen LogP contribution in [0.5, 0.6) is 0 Å². The fourth-order valence-electron chi connectivity index (χ4n) is 2.21. The number of rotatable bonds is 4. The zero-order valence-electron chi connectivity index (χ0n) is 14.5. The molecule has 128 valence electrons. The maximum Gasteiger partial charge on any atom is 0.413 e. The topological polar surface area (TPSA) is 71.5 Å². The lowest BCUT2D eigenvalue weighted by atomic mass is 10.0. The number of amides is 1. The number of hydrogen-bond acceptors (Lipinski definition) is 4. The van der Waals surface area contributed by atoms with E-state index in [9.17, 15) is 9.90 Å². The summed E-state index contributed by atoms with van der Waals surface area (Å²) in [5, 5.41) is 13.0. The van der Waals surface area contributed by atoms with Gasteiger partial charge in [0.25, 0.3) is 0 Å². The first-order valence-corrected chi connectivity index (χ1v) is 7.92. The van der Waals surface area contributed by atoms with E-state index in [4.69, 9.17) is 4.74 Å². The van der Waals surface area contributed by atoms with Crippen molar-refractivity contribution in [3.05, 3.63) is 59.3 Å². The molecule has 5 heteroatoms. The van der Waals surface area contributed by atoms with Crippen LogP contribution in [0.15, 0.2) is 42.6 Å². The second kappa shape index (κ2) is 7.45. The molecule has 0 saturated heterocycles. The van der Waals surface area contributed by atoms with Crippen molar-refractivity contribution in [1.29, 1.82) is 0 Å². The monoisotopic (exact) mass is 328 g/mol. The van der Waals surface area contributed by atoms with Gasteiger partial charge in [-0.2, -0.15) is 0 Å². The van der Waals surface area contributed by atoms with Gasteiger partial charge in [-0.15, -0.1) is 0 Å². The molecule has 24 heavy (non-hydrogen) atoms. The Morgan fingerprint density at radius 2 is 1.92 bits per heavy atom. The van der Waals surface area contributed by atoms with Gasteiger partial charge in [-0.05, 0) is 51.0 Å². The summed E-state index contributed by atoms with van der Waals surface area (Å²) in [6.45, 7) is 7.41. The van der Waals surface area contributed by atoms with E-state index in [1.165, 1.54) is 0 Å². The predicted molar refractivity (Wildman–Crippen MR) is 93.9 cm³/mol. The van der Waals surface area contributed by atoms with E-state index < -0.39 is 17.8 Å². The zero-order valence-corrected chi connectivity index (χ0v) is 14.5. The average molecular weight is 328 g/mol. The molecule has 0 aliphatic rings. The van der Waals surface area contributed by atoms with Gasteiger partial charge in [-0.1, -0.05) is 29.8 Å². The van der Waals surface area contributed by atoms with Crippen LogP contribution in [0.2, 0.25) is 0 Å². The lowest BCUT2D eigenvalue weighted by Crippen LogP contribution is -2.27. The maximum atomic E-state index is 11.8. The summed E-state index contributed by atoms with van der Waals surface area (Å²) in [4.78, 5) is 15.9. The molecular formula is C19H24N2O3. The molecule has 2 aromatic rings. The number of nitrogens with one attached hydrogen (secondary N) is 1. The van der Waals surface area contributed by atoms with Gasteiger partial charge >= 0.3 is 6.09 Å². The van der Waals surface area contributed by atoms with Crippen LogP contribution in [-0.4, -0.2) is 21.8 Å². The number of carbonyl (C=O) groups is 1. The number of anilines is 1. The highest BCUT2D eigenvalue weighted by molar-refractivity contribution is 5.83. The highest BCUT2D eigenvalue weighted by Crippen LogP contribution is 2.20. The van der Waals surface area contributed by atoms with Crippen LogP contribution in [0.25, 0.3) is 0 Å². The lowest BCUT2D eigenvalue weighted by Gasteiger charge is -2.19. The second-order valence-electron chi connectivity index (χ2n) is 6.81. The van der Waals surface area contributed by atoms with Crippen LogP contribution in [-0.2, 0) is 11.2 Å². The number of aliphatic hydroxyl groups excluding tert-OH is 1. The number of ether oxygens (including phenoxy) is 1. The average Bonchev–Trinajstić information content (AvgIpc) is 2.46. The minimum Gasteiger partial charge on any atom is -0.444 e. The summed E-state index contributed by atoms with van der Waals surface area (Å²) in [5.41, 5.74) is 2.32. The Kier molecular flexibility index (Phi) is 5.57. The molecule has 0 spiro atoms. The standard InChI is InChI=1S/C19H24N2O3/c1-13-5-7-15(8-6-13)16(22)11-14-9-10-20-17(12-14)21-18(23)24-19(2,3)4/h5-10,12,16,22H,11H2,1-4H3,(H,20,21,23). The van der Waals surface area contributed by atoms with Crippen molar-refractivity contribution in [2.24, 2.45) is 0 Å². The Morgan fingerprint density at radius 3 is 2.54 bits per heavy atom. The number of pyridine rings is 1. The summed E-state index contributed by atoms with van der Waals surface area (Å²) >= 11 is 0. The Labute approximate surface area is 142 Å². The Morgan fingerprint density at radius 1 is 1.25 bits per heavy atom. The van der Waals surface area contributed by atoms with E-state index in [-0.39, 0.29) is 0 Å². The van der Waals surface area contributed by atoms with E-state index in [0.717, 1.165) is 16.7 Å². The SMILES string of the molecule is Cc1ccc(C(O)Cc2ccnc(NC(=O)OC(C)(C)C)c2)cc1. The van der Waals surface area contributed by atoms with Crippen molar-refractivity contribution < 1.29 is 14.6 Å². The maximum absolute atomic E-state index is 11.8. The number of aliphatic hydroxyl groups is 1. The Bertz CT molecular complexity index is 691. The van der Waals surface area contributed by atoms with Crippen LogP contribution < -0.4 is 5.32 Å². The first-order valence-electron chi connectivity index (χ1n) is 7.92. The molecule has 1 amide bonds. The highest BCUT2D eigenvalue weighted by atomic mass is 16.6. The number of benzene rings is 1. The van der Waals surface area contributed by atoms with Gasteiger partial charge < -0.3 is 9.84 Å². The molecule has 2 N–H and O–H groups in total. The van der Waals surface area contributed by atoms with Crippen molar-refractivity contribution in [3.63, 3.8) is 0 Å². The summed E-state index contributed by atoms with van der Waals surface area (Å²) in [7, 11) is 0. The molecule has 1 heterocycles. The molecule has 0 aliphatic heterocycles. The highest BCUT2D eigenvalue weighted by Gasteiger charge is 2.17. The fraction of sp³-hybridized carbons (Fsp3) is 0.368. The number of aromatic nitrogens is 1. The van der Waals surface area contributed by atoms with E-state index in [0.29, 0.717) is 12.2 Å². The van der Waals surface area contributed by atoms with Crippen LogP contribution in [0, 0.1) is 6.92 Å². The molecule has 5 nitrogen and oxygen atoms in total. The van der Waals surface area contributed by atoms with Gasteiger partial charge in [0.2, 0.25) is 0 Å². The summed E-state index contributed by atoms with van der Waals surface area (Å²) in [6.07, 6.45) is 0.881. The van der Waals surface area contributed by atoms with Crippen molar-refractivity contribution in [2.45, 2.75) is 45.8 Å². The first-order chi connectivity index (χ1) is 11.2. The molecule has 1 unspecified atom stereocenters. The third-order valence-corrected chi connectivity index (χ3v) is 3.34. The molecule has 0 radical (unpaired) electrons. The van der Waals surface area contributed by atoms with Gasteiger partial charge in [-0.3, -0.25) is 5.32 Å². The molecule has 0 aliphatic carbocycles. The van der Waals surface area contributed by atoms with Crippen molar-refractivity contribution >= 4 is 11.9 Å².